The summed E-state index contributed by atoms with van der Waals surface area (Å²) >= 11 is 0. The van der Waals surface area contributed by atoms with Crippen molar-refractivity contribution in [3.8, 4) is 0 Å². The molecule has 168 valence electrons. The summed E-state index contributed by atoms with van der Waals surface area (Å²) in [5.41, 5.74) is 3.49. The molecule has 0 amide bonds. The van der Waals surface area contributed by atoms with Crippen molar-refractivity contribution in [2.24, 2.45) is 4.99 Å². The lowest BCUT2D eigenvalue weighted by Crippen LogP contribution is -2.46. The normalized spacial score (nSPS) is 13.2. The van der Waals surface area contributed by atoms with Crippen LogP contribution < -0.4 is 10.6 Å². The number of amidine groups is 1. The minimum absolute atomic E-state index is 0.260. The van der Waals surface area contributed by atoms with Gasteiger partial charge in [0, 0.05) is 37.4 Å². The van der Waals surface area contributed by atoms with Crippen LogP contribution in [0.1, 0.15) is 61.0 Å². The molecule has 0 spiro atoms. The summed E-state index contributed by atoms with van der Waals surface area (Å²) in [4.78, 5) is 7.12. The maximum absolute atomic E-state index is 13.5. The molecule has 0 radical (unpaired) electrons. The zero-order valence-corrected chi connectivity index (χ0v) is 20.1. The average molecular weight is 417 g/mol. The Labute approximate surface area is 183 Å². The van der Waals surface area contributed by atoms with E-state index in [9.17, 15) is 4.39 Å². The first-order valence-corrected chi connectivity index (χ1v) is 11.5. The van der Waals surface area contributed by atoms with Gasteiger partial charge in [-0.1, -0.05) is 67.5 Å². The Hall–Kier alpha value is -2.40. The number of piperazine rings is 1. The van der Waals surface area contributed by atoms with Crippen LogP contribution in [-0.4, -0.2) is 36.9 Å². The van der Waals surface area contributed by atoms with Gasteiger partial charge in [0.25, 0.3) is 0 Å². The molecule has 1 saturated heterocycles. The topological polar surface area (TPSA) is 39.7 Å². The van der Waals surface area contributed by atoms with Crippen molar-refractivity contribution < 1.29 is 4.39 Å². The van der Waals surface area contributed by atoms with Gasteiger partial charge in [-0.15, -0.1) is 0 Å². The molecule has 2 aliphatic heterocycles. The van der Waals surface area contributed by atoms with Crippen LogP contribution in [-0.2, 0) is 0 Å². The third-order valence-electron chi connectivity index (χ3n) is 4.04. The van der Waals surface area contributed by atoms with Crippen LogP contribution in [0.25, 0.3) is 0 Å². The molecule has 2 aromatic rings. The molecular formula is C25H41FN4. The van der Waals surface area contributed by atoms with Crippen molar-refractivity contribution in [2.45, 2.75) is 55.4 Å². The Morgan fingerprint density at radius 2 is 1.40 bits per heavy atom. The maximum Gasteiger partial charge on any atom is 0.138 e. The zero-order valence-electron chi connectivity index (χ0n) is 20.1. The van der Waals surface area contributed by atoms with Crippen molar-refractivity contribution in [2.75, 3.05) is 31.5 Å². The second kappa shape index (κ2) is 16.4. The summed E-state index contributed by atoms with van der Waals surface area (Å²) in [7, 11) is 0. The third kappa shape index (κ3) is 7.45. The Kier molecular flexibility index (Phi) is 15.1. The molecular weight excluding hydrogens is 375 g/mol. The number of benzene rings is 2. The summed E-state index contributed by atoms with van der Waals surface area (Å²) in [5, 5.41) is 6.67. The van der Waals surface area contributed by atoms with Crippen LogP contribution >= 0.6 is 0 Å². The lowest BCUT2D eigenvalue weighted by atomic mass is 10.1. The smallest absolute Gasteiger partial charge is 0.138 e. The van der Waals surface area contributed by atoms with Crippen molar-refractivity contribution in [1.29, 1.82) is 0 Å². The van der Waals surface area contributed by atoms with Gasteiger partial charge in [0.05, 0.1) is 11.4 Å². The molecule has 2 aromatic carbocycles. The second-order valence-electron chi connectivity index (χ2n) is 5.50. The number of hydrogen-bond donors (Lipinski definition) is 2. The van der Waals surface area contributed by atoms with Gasteiger partial charge in [-0.25, -0.2) is 9.38 Å². The number of fused-ring (bicyclic) bond motifs is 2. The Bertz CT molecular complexity index is 738. The van der Waals surface area contributed by atoms with Gasteiger partial charge < -0.3 is 15.5 Å². The van der Waals surface area contributed by atoms with E-state index in [2.05, 4.69) is 21.6 Å². The van der Waals surface area contributed by atoms with Crippen molar-refractivity contribution >= 4 is 22.9 Å². The Morgan fingerprint density at radius 1 is 0.800 bits per heavy atom. The minimum Gasteiger partial charge on any atom is -0.353 e. The molecule has 2 N–H and O–H groups in total. The Morgan fingerprint density at radius 3 is 2.03 bits per heavy atom. The first-order valence-electron chi connectivity index (χ1n) is 11.5. The third-order valence-corrected chi connectivity index (χ3v) is 4.04. The molecule has 4 nitrogen and oxygen atoms in total. The van der Waals surface area contributed by atoms with Gasteiger partial charge in [-0.2, -0.15) is 0 Å². The molecule has 2 heterocycles. The highest BCUT2D eigenvalue weighted by Crippen LogP contribution is 2.35. The molecule has 30 heavy (non-hydrogen) atoms. The lowest BCUT2D eigenvalue weighted by Gasteiger charge is -2.30. The van der Waals surface area contributed by atoms with E-state index >= 15 is 0 Å². The number of nitrogens with zero attached hydrogens (tertiary/aromatic N) is 2. The van der Waals surface area contributed by atoms with Gasteiger partial charge in [-0.3, -0.25) is 0 Å². The fraction of sp³-hybridized carbons (Fsp3) is 0.480. The summed E-state index contributed by atoms with van der Waals surface area (Å²) in [6.45, 7) is 19.7. The maximum atomic E-state index is 13.5. The molecule has 0 saturated carbocycles. The summed E-state index contributed by atoms with van der Waals surface area (Å²) < 4.78 is 13.5. The predicted molar refractivity (Wildman–Crippen MR) is 132 cm³/mol. The number of anilines is 2. The number of hydrogen-bond acceptors (Lipinski definition) is 4. The summed E-state index contributed by atoms with van der Waals surface area (Å²) in [6, 6.07) is 12.7. The number of aliphatic imine (C=N–C) groups is 1. The van der Waals surface area contributed by atoms with Gasteiger partial charge in [0.15, 0.2) is 0 Å². The molecule has 1 fully saturated rings. The SMILES string of the molecule is CC.CC.CC.CC.Fc1ccc2c(c1)Nc1ccccc1C(N1CCNCC1)=N2. The summed E-state index contributed by atoms with van der Waals surface area (Å²) in [5.74, 6) is 0.694. The van der Waals surface area contributed by atoms with E-state index in [0.29, 0.717) is 5.69 Å². The van der Waals surface area contributed by atoms with E-state index in [4.69, 9.17) is 4.99 Å². The van der Waals surface area contributed by atoms with E-state index in [-0.39, 0.29) is 5.82 Å². The molecule has 2 aliphatic rings. The Balaban J connectivity index is 0.000000948. The first kappa shape index (κ1) is 27.6. The van der Waals surface area contributed by atoms with Crippen molar-refractivity contribution in [3.05, 3.63) is 53.8 Å². The van der Waals surface area contributed by atoms with Crippen LogP contribution in [0, 0.1) is 5.82 Å². The zero-order chi connectivity index (χ0) is 22.9. The lowest BCUT2D eigenvalue weighted by molar-refractivity contribution is 0.358. The largest absolute Gasteiger partial charge is 0.353 e. The number of para-hydroxylation sites is 1. The fourth-order valence-electron chi connectivity index (χ4n) is 2.93. The highest BCUT2D eigenvalue weighted by molar-refractivity contribution is 6.07. The van der Waals surface area contributed by atoms with Crippen LogP contribution in [0.2, 0.25) is 0 Å². The van der Waals surface area contributed by atoms with Crippen molar-refractivity contribution in [3.63, 3.8) is 0 Å². The van der Waals surface area contributed by atoms with Gasteiger partial charge in [0.2, 0.25) is 0 Å². The van der Waals surface area contributed by atoms with Gasteiger partial charge >= 0.3 is 0 Å². The van der Waals surface area contributed by atoms with Crippen LogP contribution in [0.5, 0.6) is 0 Å². The standard InChI is InChI=1S/C17H17FN4.4C2H6/c18-12-5-6-15-16(11-12)20-14-4-2-1-3-13(14)17(21-15)22-9-7-19-8-10-22;4*1-2/h1-6,11,19-20H,7-10H2;4*1-2H3. The average Bonchev–Trinajstić information content (AvgIpc) is 3.01. The quantitative estimate of drug-likeness (QED) is 0.487. The molecule has 4 rings (SSSR count). The van der Waals surface area contributed by atoms with E-state index in [1.165, 1.54) is 12.1 Å². The van der Waals surface area contributed by atoms with Crippen LogP contribution in [0.4, 0.5) is 21.5 Å². The minimum atomic E-state index is -0.260. The number of nitrogens with one attached hydrogen (secondary N) is 2. The molecule has 0 atom stereocenters. The predicted octanol–water partition coefficient (Wildman–Crippen LogP) is 6.97. The molecule has 0 unspecified atom stereocenters. The second-order valence-corrected chi connectivity index (χ2v) is 5.50. The van der Waals surface area contributed by atoms with E-state index in [0.717, 1.165) is 49.0 Å². The van der Waals surface area contributed by atoms with Gasteiger partial charge in [-0.05, 0) is 30.3 Å². The molecule has 0 aromatic heterocycles. The van der Waals surface area contributed by atoms with Crippen LogP contribution in [0.3, 0.4) is 0 Å². The first-order chi connectivity index (χ1) is 14.8. The molecule has 0 aliphatic carbocycles. The number of halogens is 1. The van der Waals surface area contributed by atoms with E-state index < -0.39 is 0 Å². The van der Waals surface area contributed by atoms with Crippen molar-refractivity contribution in [1.82, 2.24) is 10.2 Å². The molecule has 0 bridgehead atoms. The van der Waals surface area contributed by atoms with Gasteiger partial charge in [0.1, 0.15) is 11.7 Å². The monoisotopic (exact) mass is 416 g/mol. The number of rotatable bonds is 0. The highest BCUT2D eigenvalue weighted by Gasteiger charge is 2.22. The fourth-order valence-corrected chi connectivity index (χ4v) is 2.93. The van der Waals surface area contributed by atoms with Crippen LogP contribution in [0.15, 0.2) is 47.5 Å². The van der Waals surface area contributed by atoms with E-state index in [1.54, 1.807) is 6.07 Å². The highest BCUT2D eigenvalue weighted by atomic mass is 19.1. The molecule has 5 heteroatoms. The summed E-state index contributed by atoms with van der Waals surface area (Å²) in [6.07, 6.45) is 0. The van der Waals surface area contributed by atoms with E-state index in [1.807, 2.05) is 73.6 Å².